The van der Waals surface area contributed by atoms with Gasteiger partial charge in [0.1, 0.15) is 0 Å². The molecule has 0 saturated carbocycles. The Balaban J connectivity index is 2.35. The third kappa shape index (κ3) is 2.55. The average Bonchev–Trinajstić information content (AvgIpc) is 2.34. The van der Waals surface area contributed by atoms with Crippen molar-refractivity contribution in [1.82, 2.24) is 4.98 Å². The zero-order valence-electron chi connectivity index (χ0n) is 5.15. The van der Waals surface area contributed by atoms with Gasteiger partial charge in [0.25, 0.3) is 0 Å². The van der Waals surface area contributed by atoms with E-state index < -0.39 is 11.1 Å². The number of nitrogens with zero attached hydrogens (tertiary/aromatic N) is 1. The zero-order valence-corrected chi connectivity index (χ0v) is 6.78. The summed E-state index contributed by atoms with van der Waals surface area (Å²) in [4.78, 5) is 4.84. The van der Waals surface area contributed by atoms with Gasteiger partial charge in [-0.25, -0.2) is 0 Å². The molecule has 0 aliphatic rings. The van der Waals surface area contributed by atoms with Crippen molar-refractivity contribution in [3.8, 4) is 0 Å². The molecule has 0 aliphatic carbocycles. The minimum atomic E-state index is -1.92. The molecule has 1 unspecified atom stereocenters. The Hall–Kier alpha value is -0.260. The van der Waals surface area contributed by atoms with Gasteiger partial charge in [0.2, 0.25) is 0 Å². The highest BCUT2D eigenvalue weighted by Crippen LogP contribution is 2.05. The molecule has 1 heterocycles. The lowest BCUT2D eigenvalue weighted by atomic mass is 10.4. The second-order valence-electron chi connectivity index (χ2n) is 1.73. The molecule has 0 amide bonds. The number of aromatic nitrogens is 1. The molecule has 0 fully saturated rings. The van der Waals surface area contributed by atoms with Crippen LogP contribution in [0.5, 0.6) is 0 Å². The number of hydrogen-bond donors (Lipinski definition) is 0. The lowest BCUT2D eigenvalue weighted by Crippen LogP contribution is -1.97. The summed E-state index contributed by atoms with van der Waals surface area (Å²) in [5, 5.41) is 0. The van der Waals surface area contributed by atoms with E-state index in [1.54, 1.807) is 11.7 Å². The first-order valence-corrected chi connectivity index (χ1v) is 4.84. The highest BCUT2D eigenvalue weighted by molar-refractivity contribution is 7.79. The molecule has 0 spiro atoms. The third-order valence-electron chi connectivity index (χ3n) is 0.999. The van der Waals surface area contributed by atoms with Gasteiger partial charge >= 0.3 is 0 Å². The van der Waals surface area contributed by atoms with Gasteiger partial charge in [-0.3, -0.25) is 9.19 Å². The summed E-state index contributed by atoms with van der Waals surface area (Å²) in [6, 6.07) is 0. The van der Waals surface area contributed by atoms with E-state index in [9.17, 15) is 8.76 Å². The van der Waals surface area contributed by atoms with Crippen molar-refractivity contribution in [2.75, 3.05) is 5.75 Å². The van der Waals surface area contributed by atoms with E-state index in [4.69, 9.17) is 0 Å². The van der Waals surface area contributed by atoms with Crippen LogP contribution in [0.15, 0.2) is 11.7 Å². The number of rotatable bonds is 3. The normalized spacial score (nSPS) is 13.3. The zero-order chi connectivity index (χ0) is 7.40. The van der Waals surface area contributed by atoms with Crippen molar-refractivity contribution >= 4 is 22.4 Å². The third-order valence-corrected chi connectivity index (χ3v) is 2.38. The molecule has 1 rings (SSSR count). The fourth-order valence-electron chi connectivity index (χ4n) is 0.550. The first-order valence-electron chi connectivity index (χ1n) is 2.72. The highest BCUT2D eigenvalue weighted by atomic mass is 32.2. The quantitative estimate of drug-likeness (QED) is 0.632. The molecule has 10 heavy (non-hydrogen) atoms. The molecule has 0 radical (unpaired) electrons. The predicted octanol–water partition coefficient (Wildman–Crippen LogP) is 0.565. The van der Waals surface area contributed by atoms with E-state index in [2.05, 4.69) is 4.98 Å². The summed E-state index contributed by atoms with van der Waals surface area (Å²) >= 11 is -0.441. The van der Waals surface area contributed by atoms with Crippen LogP contribution in [-0.4, -0.2) is 19.5 Å². The number of thiazole rings is 1. The topological polar surface area (TPSA) is 53.0 Å². The van der Waals surface area contributed by atoms with Crippen molar-refractivity contribution in [2.24, 2.45) is 0 Å². The van der Waals surface area contributed by atoms with Crippen LogP contribution < -0.4 is 0 Å². The van der Waals surface area contributed by atoms with Crippen LogP contribution in [0.3, 0.4) is 0 Å². The fraction of sp³-hybridized carbons (Fsp3) is 0.400. The minimum Gasteiger partial charge on any atom is -0.772 e. The van der Waals surface area contributed by atoms with E-state index in [1.807, 2.05) is 0 Å². The van der Waals surface area contributed by atoms with Gasteiger partial charge in [0.05, 0.1) is 5.51 Å². The first kappa shape index (κ1) is 7.84. The molecule has 3 nitrogen and oxygen atoms in total. The standard InChI is InChI=1S/C5H7NO2S2/c7-10(8)2-1-5-3-6-4-9-5/h3-4H,1-2H2,(H,7,8)/p-1. The maximum Gasteiger partial charge on any atom is 0.0794 e. The molecule has 0 aliphatic heterocycles. The highest BCUT2D eigenvalue weighted by Gasteiger charge is 1.92. The second-order valence-corrected chi connectivity index (χ2v) is 3.71. The number of hydrogen-bond acceptors (Lipinski definition) is 4. The lowest BCUT2D eigenvalue weighted by molar-refractivity contribution is 0.536. The van der Waals surface area contributed by atoms with E-state index >= 15 is 0 Å². The van der Waals surface area contributed by atoms with Gasteiger partial charge < -0.3 is 4.55 Å². The van der Waals surface area contributed by atoms with Gasteiger partial charge in [-0.1, -0.05) is 11.1 Å². The molecule has 1 aromatic rings. The van der Waals surface area contributed by atoms with Crippen LogP contribution in [0, 0.1) is 0 Å². The number of aryl methyl sites for hydroxylation is 1. The summed E-state index contributed by atoms with van der Waals surface area (Å²) in [5.74, 6) is 0.197. The lowest BCUT2D eigenvalue weighted by Gasteiger charge is -2.00. The second kappa shape index (κ2) is 3.80. The van der Waals surface area contributed by atoms with E-state index in [-0.39, 0.29) is 5.75 Å². The van der Waals surface area contributed by atoms with Crippen LogP contribution in [-0.2, 0) is 17.5 Å². The van der Waals surface area contributed by atoms with Gasteiger partial charge in [0.15, 0.2) is 0 Å². The maximum absolute atomic E-state index is 10.1. The van der Waals surface area contributed by atoms with Crippen molar-refractivity contribution in [2.45, 2.75) is 6.42 Å². The average molecular weight is 176 g/mol. The van der Waals surface area contributed by atoms with Crippen molar-refractivity contribution in [1.29, 1.82) is 0 Å². The molecule has 0 aromatic carbocycles. The Morgan fingerprint density at radius 2 is 2.60 bits per heavy atom. The molecular weight excluding hydrogens is 170 g/mol. The largest absolute Gasteiger partial charge is 0.772 e. The SMILES string of the molecule is O=S([O-])CCc1cncs1. The van der Waals surface area contributed by atoms with Crippen molar-refractivity contribution < 1.29 is 8.76 Å². The molecular formula is C5H6NO2S2-. The van der Waals surface area contributed by atoms with Gasteiger partial charge in [-0.05, 0) is 6.42 Å². The van der Waals surface area contributed by atoms with Crippen LogP contribution in [0.25, 0.3) is 0 Å². The van der Waals surface area contributed by atoms with Crippen LogP contribution in [0.1, 0.15) is 4.88 Å². The molecule has 1 atom stereocenters. The first-order chi connectivity index (χ1) is 4.79. The van der Waals surface area contributed by atoms with E-state index in [0.29, 0.717) is 6.42 Å². The predicted molar refractivity (Wildman–Crippen MR) is 39.6 cm³/mol. The molecule has 0 N–H and O–H groups in total. The molecule has 56 valence electrons. The Morgan fingerprint density at radius 1 is 1.80 bits per heavy atom. The van der Waals surface area contributed by atoms with Gasteiger partial charge in [-0.2, -0.15) is 0 Å². The maximum atomic E-state index is 10.1. The monoisotopic (exact) mass is 176 g/mol. The Kier molecular flexibility index (Phi) is 2.98. The van der Waals surface area contributed by atoms with Gasteiger partial charge in [-0.15, -0.1) is 11.3 Å². The molecule has 1 aromatic heterocycles. The smallest absolute Gasteiger partial charge is 0.0794 e. The molecule has 0 saturated heterocycles. The van der Waals surface area contributed by atoms with Crippen molar-refractivity contribution in [3.63, 3.8) is 0 Å². The Labute approximate surface area is 65.4 Å². The summed E-state index contributed by atoms with van der Waals surface area (Å²) < 4.78 is 20.2. The molecule has 0 bridgehead atoms. The molecule has 5 heteroatoms. The summed E-state index contributed by atoms with van der Waals surface area (Å²) in [7, 11) is 0. The Morgan fingerprint density at radius 3 is 3.10 bits per heavy atom. The summed E-state index contributed by atoms with van der Waals surface area (Å²) in [5.41, 5.74) is 1.70. The summed E-state index contributed by atoms with van der Waals surface area (Å²) in [6.07, 6.45) is 2.28. The summed E-state index contributed by atoms with van der Waals surface area (Å²) in [6.45, 7) is 0. The van der Waals surface area contributed by atoms with Crippen LogP contribution in [0.4, 0.5) is 0 Å². The Bertz CT molecular complexity index is 209. The van der Waals surface area contributed by atoms with Crippen LogP contribution >= 0.6 is 11.3 Å². The van der Waals surface area contributed by atoms with Crippen LogP contribution in [0.2, 0.25) is 0 Å². The minimum absolute atomic E-state index is 0.197. The van der Waals surface area contributed by atoms with E-state index in [1.165, 1.54) is 11.3 Å². The van der Waals surface area contributed by atoms with Crippen molar-refractivity contribution in [3.05, 3.63) is 16.6 Å². The van der Waals surface area contributed by atoms with E-state index in [0.717, 1.165) is 4.88 Å². The van der Waals surface area contributed by atoms with Gasteiger partial charge in [0, 0.05) is 16.8 Å². The fourth-order valence-corrected chi connectivity index (χ4v) is 1.66.